The van der Waals surface area contributed by atoms with Crippen LogP contribution in [0.1, 0.15) is 38.9 Å². The molecular weight excluding hydrogens is 508 g/mol. The monoisotopic (exact) mass is 530 g/mol. The minimum absolute atomic E-state index is 0.620. The lowest BCUT2D eigenvalue weighted by Crippen LogP contribution is -1.81. The average molecular weight is 531 g/mol. The second-order valence-corrected chi connectivity index (χ2v) is 9.82. The van der Waals surface area contributed by atoms with Gasteiger partial charge in [-0.05, 0) is 93.3 Å². The number of hydrogen-bond donors (Lipinski definition) is 0. The molecular formula is C40H22N2. The fraction of sp³-hybridized carbons (Fsp3) is 0. The van der Waals surface area contributed by atoms with Crippen LogP contribution in [0.3, 0.4) is 0 Å². The Labute approximate surface area is 245 Å². The van der Waals surface area contributed by atoms with E-state index in [-0.39, 0.29) is 0 Å². The Hall–Kier alpha value is -6.32. The standard InChI is InChI=1S/C40H22N2/c1-42-40-22-16-30(17-23-40)3-7-32-13-19-39-27-34(15-21-37(39)25-32)9-8-33-14-20-36-24-31(12-18-38(36)26-33)6-2-29-4-10-35(28-41)11-5-29/h4-5,8-27H. The second-order valence-electron chi connectivity index (χ2n) is 9.82. The molecule has 0 aliphatic heterocycles. The Morgan fingerprint density at radius 1 is 0.452 bits per heavy atom. The molecule has 0 fully saturated rings. The van der Waals surface area contributed by atoms with E-state index in [4.69, 9.17) is 11.8 Å². The third-order valence-corrected chi connectivity index (χ3v) is 6.91. The first-order chi connectivity index (χ1) is 20.6. The normalized spacial score (nSPS) is 10.3. The molecule has 6 aromatic carbocycles. The van der Waals surface area contributed by atoms with Crippen LogP contribution in [0.5, 0.6) is 0 Å². The van der Waals surface area contributed by atoms with Crippen molar-refractivity contribution in [3.05, 3.63) is 172 Å². The first-order valence-electron chi connectivity index (χ1n) is 13.4. The number of nitriles is 1. The summed E-state index contributed by atoms with van der Waals surface area (Å²) in [4.78, 5) is 3.42. The Morgan fingerprint density at radius 3 is 1.31 bits per heavy atom. The van der Waals surface area contributed by atoms with Gasteiger partial charge < -0.3 is 0 Å². The van der Waals surface area contributed by atoms with Crippen LogP contribution < -0.4 is 0 Å². The predicted octanol–water partition coefficient (Wildman–Crippen LogP) is 9.39. The van der Waals surface area contributed by atoms with Gasteiger partial charge in [0, 0.05) is 22.3 Å². The van der Waals surface area contributed by atoms with Crippen LogP contribution in [-0.4, -0.2) is 0 Å². The fourth-order valence-corrected chi connectivity index (χ4v) is 4.62. The van der Waals surface area contributed by atoms with Gasteiger partial charge in [-0.1, -0.05) is 96.5 Å². The summed E-state index contributed by atoms with van der Waals surface area (Å²) in [5.74, 6) is 12.8. The number of rotatable bonds is 2. The van der Waals surface area contributed by atoms with E-state index in [0.29, 0.717) is 11.3 Å². The van der Waals surface area contributed by atoms with Gasteiger partial charge in [0.2, 0.25) is 0 Å². The summed E-state index contributed by atoms with van der Waals surface area (Å²) < 4.78 is 0. The van der Waals surface area contributed by atoms with Crippen LogP contribution in [0.2, 0.25) is 0 Å². The molecule has 0 aliphatic rings. The van der Waals surface area contributed by atoms with E-state index in [1.165, 1.54) is 0 Å². The largest absolute Gasteiger partial charge is 0.238 e. The van der Waals surface area contributed by atoms with E-state index in [9.17, 15) is 0 Å². The molecule has 0 atom stereocenters. The third-order valence-electron chi connectivity index (χ3n) is 6.91. The van der Waals surface area contributed by atoms with Crippen molar-refractivity contribution in [1.29, 1.82) is 5.26 Å². The highest BCUT2D eigenvalue weighted by Crippen LogP contribution is 2.22. The lowest BCUT2D eigenvalue weighted by Gasteiger charge is -2.03. The maximum atomic E-state index is 8.95. The van der Waals surface area contributed by atoms with Gasteiger partial charge in [-0.15, -0.1) is 0 Å². The molecule has 2 nitrogen and oxygen atoms in total. The zero-order valence-electron chi connectivity index (χ0n) is 22.6. The minimum Gasteiger partial charge on any atom is -0.238 e. The van der Waals surface area contributed by atoms with Crippen LogP contribution in [0.15, 0.2) is 121 Å². The van der Waals surface area contributed by atoms with Crippen molar-refractivity contribution in [2.75, 3.05) is 0 Å². The summed E-state index contributed by atoms with van der Waals surface area (Å²) >= 11 is 0. The van der Waals surface area contributed by atoms with Crippen LogP contribution in [0, 0.1) is 41.6 Å². The molecule has 0 bridgehead atoms. The average Bonchev–Trinajstić information content (AvgIpc) is 3.05. The molecule has 0 saturated carbocycles. The van der Waals surface area contributed by atoms with Gasteiger partial charge in [-0.2, -0.15) is 5.26 Å². The molecule has 0 heterocycles. The number of benzene rings is 6. The first-order valence-corrected chi connectivity index (χ1v) is 13.4. The number of fused-ring (bicyclic) bond motifs is 2. The summed E-state index contributed by atoms with van der Waals surface area (Å²) in [6, 6.07) is 42.2. The van der Waals surface area contributed by atoms with Crippen LogP contribution in [-0.2, 0) is 0 Å². The van der Waals surface area contributed by atoms with Crippen LogP contribution in [0.25, 0.3) is 38.5 Å². The van der Waals surface area contributed by atoms with Gasteiger partial charge in [0.05, 0.1) is 18.2 Å². The van der Waals surface area contributed by atoms with Crippen LogP contribution in [0.4, 0.5) is 5.69 Å². The summed E-state index contributed by atoms with van der Waals surface area (Å²) in [5.41, 5.74) is 7.21. The van der Waals surface area contributed by atoms with Crippen molar-refractivity contribution >= 4 is 39.4 Å². The molecule has 0 aromatic heterocycles. The smallest absolute Gasteiger partial charge is 0.187 e. The van der Waals surface area contributed by atoms with Crippen molar-refractivity contribution in [3.63, 3.8) is 0 Å². The van der Waals surface area contributed by atoms with Crippen molar-refractivity contribution in [1.82, 2.24) is 0 Å². The molecule has 0 spiro atoms. The fourth-order valence-electron chi connectivity index (χ4n) is 4.62. The van der Waals surface area contributed by atoms with Gasteiger partial charge in [-0.3, -0.25) is 0 Å². The van der Waals surface area contributed by atoms with Gasteiger partial charge in [-0.25, -0.2) is 4.85 Å². The summed E-state index contributed by atoms with van der Waals surface area (Å²) in [5, 5.41) is 13.6. The molecule has 0 radical (unpaired) electrons. The summed E-state index contributed by atoms with van der Waals surface area (Å²) in [6.07, 6.45) is 4.27. The quantitative estimate of drug-likeness (QED) is 0.125. The Morgan fingerprint density at radius 2 is 0.833 bits per heavy atom. The third kappa shape index (κ3) is 6.12. The number of hydrogen-bond acceptors (Lipinski definition) is 1. The maximum Gasteiger partial charge on any atom is 0.187 e. The van der Waals surface area contributed by atoms with Gasteiger partial charge in [0.1, 0.15) is 0 Å². The molecule has 6 rings (SSSR count). The van der Waals surface area contributed by atoms with E-state index in [2.05, 4.69) is 107 Å². The molecule has 6 aromatic rings. The summed E-state index contributed by atoms with van der Waals surface area (Å²) in [7, 11) is 0. The highest BCUT2D eigenvalue weighted by atomic mass is 14.6. The van der Waals surface area contributed by atoms with E-state index < -0.39 is 0 Å². The van der Waals surface area contributed by atoms with Crippen LogP contribution >= 0.6 is 0 Å². The molecule has 0 saturated heterocycles. The molecule has 0 amide bonds. The molecule has 192 valence electrons. The topological polar surface area (TPSA) is 28.1 Å². The van der Waals surface area contributed by atoms with Gasteiger partial charge >= 0.3 is 0 Å². The van der Waals surface area contributed by atoms with Crippen molar-refractivity contribution < 1.29 is 0 Å². The zero-order chi connectivity index (χ0) is 28.7. The minimum atomic E-state index is 0.620. The van der Waals surface area contributed by atoms with E-state index in [1.807, 2.05) is 36.4 Å². The molecule has 0 N–H and O–H groups in total. The van der Waals surface area contributed by atoms with Gasteiger partial charge in [0.25, 0.3) is 0 Å². The van der Waals surface area contributed by atoms with Gasteiger partial charge in [0.15, 0.2) is 5.69 Å². The van der Waals surface area contributed by atoms with Crippen molar-refractivity contribution in [2.24, 2.45) is 0 Å². The zero-order valence-corrected chi connectivity index (χ0v) is 22.6. The van der Waals surface area contributed by atoms with E-state index >= 15 is 0 Å². The highest BCUT2D eigenvalue weighted by Gasteiger charge is 1.99. The molecule has 0 aliphatic carbocycles. The van der Waals surface area contributed by atoms with E-state index in [1.54, 1.807) is 24.3 Å². The first kappa shape index (κ1) is 25.9. The van der Waals surface area contributed by atoms with Crippen molar-refractivity contribution in [3.8, 4) is 29.8 Å². The SMILES string of the molecule is [C-]#[N+]c1ccc(C#Cc2ccc3cc(C=Cc4ccc5cc(C#Cc6ccc(C#N)cc6)ccc5c4)ccc3c2)cc1. The predicted molar refractivity (Wildman–Crippen MR) is 173 cm³/mol. The Bertz CT molecular complexity index is 2040. The Kier molecular flexibility index (Phi) is 7.30. The second kappa shape index (κ2) is 11.8. The summed E-state index contributed by atoms with van der Waals surface area (Å²) in [6.45, 7) is 7.06. The highest BCUT2D eigenvalue weighted by molar-refractivity contribution is 5.89. The number of nitrogens with zero attached hydrogens (tertiary/aromatic N) is 2. The molecule has 0 unspecified atom stereocenters. The van der Waals surface area contributed by atoms with Crippen molar-refractivity contribution in [2.45, 2.75) is 0 Å². The molecule has 2 heteroatoms. The lowest BCUT2D eigenvalue weighted by atomic mass is 10.0. The van der Waals surface area contributed by atoms with E-state index in [0.717, 1.165) is 54.9 Å². The lowest BCUT2D eigenvalue weighted by molar-refractivity contribution is 1.48. The maximum absolute atomic E-state index is 8.95. The Balaban J connectivity index is 1.16. The molecule has 42 heavy (non-hydrogen) atoms.